The second kappa shape index (κ2) is 7.89. The fraction of sp³-hybridized carbons (Fsp3) is 0.550. The van der Waals surface area contributed by atoms with Crippen LogP contribution in [0.2, 0.25) is 0 Å². The topological polar surface area (TPSA) is 70.4 Å². The first-order chi connectivity index (χ1) is 12.2. The number of unbranched alkanes of at least 4 members (excludes halogenated alkanes) is 1. The Morgan fingerprint density at radius 3 is 2.50 bits per heavy atom. The molecule has 0 fully saturated rings. The molecule has 142 valence electrons. The maximum absolute atomic E-state index is 12.3. The molecule has 6 nitrogen and oxygen atoms in total. The maximum atomic E-state index is 12.3. The number of hydrogen-bond acceptors (Lipinski definition) is 5. The van der Waals surface area contributed by atoms with Crippen molar-refractivity contribution < 1.29 is 19.1 Å². The van der Waals surface area contributed by atoms with Crippen LogP contribution in [0, 0.1) is 6.92 Å². The Morgan fingerprint density at radius 1 is 1.23 bits per heavy atom. The highest BCUT2D eigenvalue weighted by Gasteiger charge is 2.22. The van der Waals surface area contributed by atoms with Crippen LogP contribution in [-0.4, -0.2) is 34.2 Å². The van der Waals surface area contributed by atoms with Gasteiger partial charge in [-0.05, 0) is 58.2 Å². The first-order valence-electron chi connectivity index (χ1n) is 8.96. The number of rotatable bonds is 6. The lowest BCUT2D eigenvalue weighted by molar-refractivity contribution is -0.155. The Bertz CT molecular complexity index is 815. The van der Waals surface area contributed by atoms with Gasteiger partial charge in [-0.1, -0.05) is 13.3 Å². The Labute approximate surface area is 154 Å². The zero-order valence-corrected chi connectivity index (χ0v) is 16.5. The van der Waals surface area contributed by atoms with E-state index in [9.17, 15) is 9.59 Å². The third-order valence-electron chi connectivity index (χ3n) is 4.04. The van der Waals surface area contributed by atoms with Crippen molar-refractivity contribution >= 4 is 23.0 Å². The zero-order valence-electron chi connectivity index (χ0n) is 16.5. The number of esters is 2. The lowest BCUT2D eigenvalue weighted by atomic mass is 10.0. The van der Waals surface area contributed by atoms with Gasteiger partial charge in [0, 0.05) is 0 Å². The van der Waals surface area contributed by atoms with Gasteiger partial charge in [-0.3, -0.25) is 4.79 Å². The number of carbonyl (C=O) groups is 2. The number of aryl methyl sites for hydroxylation is 2. The van der Waals surface area contributed by atoms with Crippen molar-refractivity contribution in [3.8, 4) is 0 Å². The van der Waals surface area contributed by atoms with Crippen molar-refractivity contribution in [2.75, 3.05) is 7.11 Å². The molecule has 1 aromatic heterocycles. The van der Waals surface area contributed by atoms with Gasteiger partial charge < -0.3 is 14.0 Å². The van der Waals surface area contributed by atoms with Crippen LogP contribution in [0.25, 0.3) is 11.0 Å². The lowest BCUT2D eigenvalue weighted by Gasteiger charge is -2.20. The smallest absolute Gasteiger partial charge is 0.340 e. The molecule has 2 rings (SSSR count). The first-order valence-corrected chi connectivity index (χ1v) is 8.96. The highest BCUT2D eigenvalue weighted by atomic mass is 16.6. The number of ether oxygens (including phenoxy) is 2. The minimum Gasteiger partial charge on any atom is -0.465 e. The van der Waals surface area contributed by atoms with Crippen LogP contribution in [0.5, 0.6) is 0 Å². The van der Waals surface area contributed by atoms with E-state index >= 15 is 0 Å². The molecular weight excluding hydrogens is 332 g/mol. The van der Waals surface area contributed by atoms with Gasteiger partial charge in [0.2, 0.25) is 0 Å². The van der Waals surface area contributed by atoms with Crippen LogP contribution >= 0.6 is 0 Å². The lowest BCUT2D eigenvalue weighted by Crippen LogP contribution is -2.26. The second-order valence-electron chi connectivity index (χ2n) is 7.44. The van der Waals surface area contributed by atoms with Crippen LogP contribution < -0.4 is 0 Å². The van der Waals surface area contributed by atoms with E-state index in [2.05, 4.69) is 11.9 Å². The Balaban J connectivity index is 2.51. The number of fused-ring (bicyclic) bond motifs is 1. The average Bonchev–Trinajstić information content (AvgIpc) is 2.85. The summed E-state index contributed by atoms with van der Waals surface area (Å²) in [7, 11) is 1.36. The van der Waals surface area contributed by atoms with Gasteiger partial charge in [0.05, 0.1) is 18.2 Å². The van der Waals surface area contributed by atoms with E-state index in [-0.39, 0.29) is 12.5 Å². The van der Waals surface area contributed by atoms with Gasteiger partial charge in [0.15, 0.2) is 0 Å². The monoisotopic (exact) mass is 360 g/mol. The summed E-state index contributed by atoms with van der Waals surface area (Å²) in [4.78, 5) is 29.0. The van der Waals surface area contributed by atoms with E-state index < -0.39 is 11.6 Å². The van der Waals surface area contributed by atoms with Gasteiger partial charge in [-0.15, -0.1) is 0 Å². The molecule has 0 aliphatic rings. The highest BCUT2D eigenvalue weighted by molar-refractivity contribution is 6.02. The number of imidazole rings is 1. The molecule has 0 bridgehead atoms. The fourth-order valence-electron chi connectivity index (χ4n) is 2.89. The summed E-state index contributed by atoms with van der Waals surface area (Å²) in [5, 5.41) is 0. The van der Waals surface area contributed by atoms with E-state index in [4.69, 9.17) is 9.47 Å². The predicted octanol–water partition coefficient (Wildman–Crippen LogP) is 3.82. The molecule has 0 saturated carbocycles. The number of carbonyl (C=O) groups excluding carboxylic acids is 2. The molecule has 0 saturated heterocycles. The average molecular weight is 360 g/mol. The predicted molar refractivity (Wildman–Crippen MR) is 100 cm³/mol. The van der Waals surface area contributed by atoms with Crippen LogP contribution in [0.3, 0.4) is 0 Å². The molecule has 1 heterocycles. The van der Waals surface area contributed by atoms with Gasteiger partial charge in [0.1, 0.15) is 23.5 Å². The molecule has 0 N–H and O–H groups in total. The molecule has 26 heavy (non-hydrogen) atoms. The zero-order chi connectivity index (χ0) is 19.5. The Kier molecular flexibility index (Phi) is 6.05. The fourth-order valence-corrected chi connectivity index (χ4v) is 2.89. The van der Waals surface area contributed by atoms with E-state index in [0.717, 1.165) is 30.3 Å². The summed E-state index contributed by atoms with van der Waals surface area (Å²) in [6.45, 7) is 9.50. The van der Waals surface area contributed by atoms with Gasteiger partial charge in [-0.25, -0.2) is 9.78 Å². The molecule has 0 radical (unpaired) electrons. The largest absolute Gasteiger partial charge is 0.465 e. The molecule has 0 aliphatic carbocycles. The van der Waals surface area contributed by atoms with Crippen molar-refractivity contribution in [3.05, 3.63) is 29.1 Å². The number of nitrogens with zero attached hydrogens (tertiary/aromatic N) is 2. The molecule has 0 aliphatic heterocycles. The first kappa shape index (κ1) is 19.9. The van der Waals surface area contributed by atoms with Gasteiger partial charge in [0.25, 0.3) is 0 Å². The van der Waals surface area contributed by atoms with Crippen LogP contribution in [0.4, 0.5) is 0 Å². The number of aromatic nitrogens is 2. The normalized spacial score (nSPS) is 11.6. The standard InChI is InChI=1S/C20H28N2O4/c1-7-8-9-14-10-15(19(24)25-6)18-16(11-14)22(13(2)21-18)12-17(23)26-20(3,4)5/h10-11H,7-9,12H2,1-6H3. The minimum atomic E-state index is -0.551. The van der Waals surface area contributed by atoms with E-state index in [1.807, 2.05) is 39.8 Å². The Hall–Kier alpha value is -2.37. The summed E-state index contributed by atoms with van der Waals surface area (Å²) in [5.74, 6) is -0.0996. The van der Waals surface area contributed by atoms with Gasteiger partial charge >= 0.3 is 11.9 Å². The number of benzene rings is 1. The van der Waals surface area contributed by atoms with Crippen LogP contribution in [0.15, 0.2) is 12.1 Å². The summed E-state index contributed by atoms with van der Waals surface area (Å²) >= 11 is 0. The highest BCUT2D eigenvalue weighted by Crippen LogP contribution is 2.24. The number of hydrogen-bond donors (Lipinski definition) is 0. The van der Waals surface area contributed by atoms with Crippen molar-refractivity contribution in [1.29, 1.82) is 0 Å². The molecule has 0 amide bonds. The SMILES string of the molecule is CCCCc1cc(C(=O)OC)c2nc(C)n(CC(=O)OC(C)(C)C)c2c1. The van der Waals surface area contributed by atoms with Crippen LogP contribution in [-0.2, 0) is 27.2 Å². The third-order valence-corrected chi connectivity index (χ3v) is 4.04. The van der Waals surface area contributed by atoms with E-state index in [1.54, 1.807) is 4.57 Å². The minimum absolute atomic E-state index is 0.0530. The molecular formula is C20H28N2O4. The molecule has 0 atom stereocenters. The summed E-state index contributed by atoms with van der Waals surface area (Å²) < 4.78 is 12.1. The quantitative estimate of drug-likeness (QED) is 0.733. The maximum Gasteiger partial charge on any atom is 0.340 e. The third kappa shape index (κ3) is 4.62. The van der Waals surface area contributed by atoms with Crippen LogP contribution in [0.1, 0.15) is 62.3 Å². The molecule has 0 unspecified atom stereocenters. The van der Waals surface area contributed by atoms with Crippen molar-refractivity contribution in [2.45, 2.75) is 66.0 Å². The summed E-state index contributed by atoms with van der Waals surface area (Å²) in [6, 6.07) is 3.84. The van der Waals surface area contributed by atoms with E-state index in [0.29, 0.717) is 16.9 Å². The molecule has 1 aromatic carbocycles. The summed E-state index contributed by atoms with van der Waals surface area (Å²) in [5.41, 5.74) is 2.22. The van der Waals surface area contributed by atoms with Gasteiger partial charge in [-0.2, -0.15) is 0 Å². The van der Waals surface area contributed by atoms with Crippen molar-refractivity contribution in [1.82, 2.24) is 9.55 Å². The molecule has 6 heteroatoms. The number of methoxy groups -OCH3 is 1. The Morgan fingerprint density at radius 2 is 1.92 bits per heavy atom. The van der Waals surface area contributed by atoms with Crippen molar-refractivity contribution in [2.24, 2.45) is 0 Å². The molecule has 0 spiro atoms. The van der Waals surface area contributed by atoms with E-state index in [1.165, 1.54) is 7.11 Å². The second-order valence-corrected chi connectivity index (χ2v) is 7.44. The van der Waals surface area contributed by atoms with Crippen molar-refractivity contribution in [3.63, 3.8) is 0 Å². The molecule has 2 aromatic rings. The summed E-state index contributed by atoms with van der Waals surface area (Å²) in [6.07, 6.45) is 2.93.